The summed E-state index contributed by atoms with van der Waals surface area (Å²) in [5, 5.41) is 3.91. The van der Waals surface area contributed by atoms with Gasteiger partial charge in [0, 0.05) is 18.9 Å². The number of nitrogens with zero attached hydrogens (tertiary/aromatic N) is 2. The maximum atomic E-state index is 5.67. The first kappa shape index (κ1) is 13.2. The van der Waals surface area contributed by atoms with Crippen molar-refractivity contribution < 1.29 is 4.52 Å². The van der Waals surface area contributed by atoms with Crippen LogP contribution in [0.1, 0.15) is 57.7 Å². The fourth-order valence-electron chi connectivity index (χ4n) is 1.64. The van der Waals surface area contributed by atoms with Crippen molar-refractivity contribution in [2.45, 2.75) is 64.8 Å². The van der Waals surface area contributed by atoms with Crippen molar-refractivity contribution in [3.05, 3.63) is 11.7 Å². The Bertz CT molecular complexity index is 284. The topological polar surface area (TPSA) is 64.9 Å². The summed E-state index contributed by atoms with van der Waals surface area (Å²) in [6, 6.07) is 0.0926. The van der Waals surface area contributed by atoms with Crippen LogP contribution in [0.4, 0.5) is 0 Å². The van der Waals surface area contributed by atoms with E-state index < -0.39 is 0 Å². The SMILES string of the molecule is CCCCCCCc1nc(CC(C)N)no1. The average Bonchev–Trinajstić information content (AvgIpc) is 2.64. The predicted molar refractivity (Wildman–Crippen MR) is 64.1 cm³/mol. The van der Waals surface area contributed by atoms with Crippen molar-refractivity contribution in [2.24, 2.45) is 5.73 Å². The van der Waals surface area contributed by atoms with Gasteiger partial charge >= 0.3 is 0 Å². The predicted octanol–water partition coefficient (Wildman–Crippen LogP) is 2.47. The smallest absolute Gasteiger partial charge is 0.226 e. The molecule has 92 valence electrons. The Morgan fingerprint density at radius 1 is 1.25 bits per heavy atom. The monoisotopic (exact) mass is 225 g/mol. The van der Waals surface area contributed by atoms with Crippen molar-refractivity contribution in [1.82, 2.24) is 10.1 Å². The molecule has 1 heterocycles. The molecule has 2 N–H and O–H groups in total. The minimum Gasteiger partial charge on any atom is -0.339 e. The van der Waals surface area contributed by atoms with Crippen molar-refractivity contribution in [2.75, 3.05) is 0 Å². The van der Waals surface area contributed by atoms with Gasteiger partial charge in [-0.15, -0.1) is 0 Å². The number of nitrogens with two attached hydrogens (primary N) is 1. The first-order chi connectivity index (χ1) is 7.72. The second-order valence-corrected chi connectivity index (χ2v) is 4.45. The summed E-state index contributed by atoms with van der Waals surface area (Å²) in [5.41, 5.74) is 5.67. The third-order valence-corrected chi connectivity index (χ3v) is 2.51. The van der Waals surface area contributed by atoms with Crippen LogP contribution < -0.4 is 5.73 Å². The van der Waals surface area contributed by atoms with E-state index in [0.29, 0.717) is 6.42 Å². The van der Waals surface area contributed by atoms with Gasteiger partial charge < -0.3 is 10.3 Å². The number of hydrogen-bond acceptors (Lipinski definition) is 4. The molecule has 0 amide bonds. The highest BCUT2D eigenvalue weighted by molar-refractivity contribution is 4.88. The van der Waals surface area contributed by atoms with Crippen LogP contribution in [0.5, 0.6) is 0 Å². The number of rotatable bonds is 8. The maximum absolute atomic E-state index is 5.67. The summed E-state index contributed by atoms with van der Waals surface area (Å²) in [5.74, 6) is 1.49. The fraction of sp³-hybridized carbons (Fsp3) is 0.833. The molecular formula is C12H23N3O. The molecule has 4 heteroatoms. The Morgan fingerprint density at radius 3 is 2.69 bits per heavy atom. The summed E-state index contributed by atoms with van der Waals surface area (Å²) >= 11 is 0. The van der Waals surface area contributed by atoms with E-state index in [0.717, 1.165) is 24.6 Å². The van der Waals surface area contributed by atoms with Gasteiger partial charge in [-0.1, -0.05) is 37.8 Å². The lowest BCUT2D eigenvalue weighted by Gasteiger charge is -1.97. The second-order valence-electron chi connectivity index (χ2n) is 4.45. The minimum absolute atomic E-state index is 0.0926. The van der Waals surface area contributed by atoms with Crippen LogP contribution in [0.2, 0.25) is 0 Å². The van der Waals surface area contributed by atoms with Gasteiger partial charge in [-0.25, -0.2) is 0 Å². The molecule has 1 aromatic rings. The molecule has 1 rings (SSSR count). The van der Waals surface area contributed by atoms with Crippen LogP contribution >= 0.6 is 0 Å². The normalized spacial score (nSPS) is 12.9. The van der Waals surface area contributed by atoms with E-state index in [9.17, 15) is 0 Å². The van der Waals surface area contributed by atoms with Crippen molar-refractivity contribution in [3.63, 3.8) is 0 Å². The lowest BCUT2D eigenvalue weighted by molar-refractivity contribution is 0.367. The van der Waals surface area contributed by atoms with Gasteiger partial charge in [0.15, 0.2) is 5.82 Å². The van der Waals surface area contributed by atoms with Gasteiger partial charge in [-0.05, 0) is 13.3 Å². The molecule has 0 radical (unpaired) electrons. The van der Waals surface area contributed by atoms with Gasteiger partial charge in [0.1, 0.15) is 0 Å². The van der Waals surface area contributed by atoms with Crippen LogP contribution in [0.15, 0.2) is 4.52 Å². The molecule has 4 nitrogen and oxygen atoms in total. The maximum Gasteiger partial charge on any atom is 0.226 e. The number of unbranched alkanes of at least 4 members (excludes halogenated alkanes) is 4. The average molecular weight is 225 g/mol. The number of hydrogen-bond donors (Lipinski definition) is 1. The van der Waals surface area contributed by atoms with E-state index in [1.54, 1.807) is 0 Å². The molecule has 16 heavy (non-hydrogen) atoms. The van der Waals surface area contributed by atoms with Crippen LogP contribution in [0, 0.1) is 0 Å². The summed E-state index contributed by atoms with van der Waals surface area (Å²) in [7, 11) is 0. The minimum atomic E-state index is 0.0926. The molecule has 0 fully saturated rings. The third kappa shape index (κ3) is 5.26. The Balaban J connectivity index is 2.19. The van der Waals surface area contributed by atoms with E-state index in [4.69, 9.17) is 10.3 Å². The third-order valence-electron chi connectivity index (χ3n) is 2.51. The van der Waals surface area contributed by atoms with Gasteiger partial charge in [-0.3, -0.25) is 0 Å². The van der Waals surface area contributed by atoms with Crippen molar-refractivity contribution in [3.8, 4) is 0 Å². The lowest BCUT2D eigenvalue weighted by atomic mass is 10.1. The van der Waals surface area contributed by atoms with E-state index in [-0.39, 0.29) is 6.04 Å². The summed E-state index contributed by atoms with van der Waals surface area (Å²) in [6.07, 6.45) is 7.88. The molecular weight excluding hydrogens is 202 g/mol. The molecule has 0 bridgehead atoms. The summed E-state index contributed by atoms with van der Waals surface area (Å²) < 4.78 is 5.16. The summed E-state index contributed by atoms with van der Waals surface area (Å²) in [4.78, 5) is 4.31. The van der Waals surface area contributed by atoms with Gasteiger partial charge in [-0.2, -0.15) is 4.98 Å². The quantitative estimate of drug-likeness (QED) is 0.690. The zero-order chi connectivity index (χ0) is 11.8. The van der Waals surface area contributed by atoms with Crippen molar-refractivity contribution in [1.29, 1.82) is 0 Å². The molecule has 0 aliphatic heterocycles. The summed E-state index contributed by atoms with van der Waals surface area (Å²) in [6.45, 7) is 4.17. The van der Waals surface area contributed by atoms with Crippen molar-refractivity contribution >= 4 is 0 Å². The second kappa shape index (κ2) is 7.39. The lowest BCUT2D eigenvalue weighted by Crippen LogP contribution is -2.18. The Labute approximate surface area is 97.6 Å². The van der Waals surface area contributed by atoms with Crippen LogP contribution in [-0.2, 0) is 12.8 Å². The molecule has 0 spiro atoms. The highest BCUT2D eigenvalue weighted by Crippen LogP contribution is 2.08. The van der Waals surface area contributed by atoms with Crippen LogP contribution in [0.25, 0.3) is 0 Å². The van der Waals surface area contributed by atoms with E-state index in [2.05, 4.69) is 17.1 Å². The van der Waals surface area contributed by atoms with Crippen LogP contribution in [-0.4, -0.2) is 16.2 Å². The first-order valence-corrected chi connectivity index (χ1v) is 6.29. The molecule has 0 saturated carbocycles. The molecule has 0 aliphatic rings. The Hall–Kier alpha value is -0.900. The molecule has 1 aromatic heterocycles. The van der Waals surface area contributed by atoms with Gasteiger partial charge in [0.2, 0.25) is 5.89 Å². The highest BCUT2D eigenvalue weighted by Gasteiger charge is 2.07. The van der Waals surface area contributed by atoms with E-state index in [1.807, 2.05) is 6.92 Å². The number of aromatic nitrogens is 2. The molecule has 1 atom stereocenters. The number of aryl methyl sites for hydroxylation is 1. The van der Waals surface area contributed by atoms with Gasteiger partial charge in [0.05, 0.1) is 0 Å². The molecule has 0 saturated heterocycles. The standard InChI is InChI=1S/C12H23N3O/c1-3-4-5-6-7-8-12-14-11(15-16-12)9-10(2)13/h10H,3-9,13H2,1-2H3. The van der Waals surface area contributed by atoms with E-state index in [1.165, 1.54) is 25.7 Å². The van der Waals surface area contributed by atoms with Gasteiger partial charge in [0.25, 0.3) is 0 Å². The largest absolute Gasteiger partial charge is 0.339 e. The fourth-order valence-corrected chi connectivity index (χ4v) is 1.64. The first-order valence-electron chi connectivity index (χ1n) is 6.29. The molecule has 0 aromatic carbocycles. The highest BCUT2D eigenvalue weighted by atomic mass is 16.5. The van der Waals surface area contributed by atoms with Crippen LogP contribution in [0.3, 0.4) is 0 Å². The molecule has 0 aliphatic carbocycles. The Kier molecular flexibility index (Phi) is 6.08. The zero-order valence-electron chi connectivity index (χ0n) is 10.4. The zero-order valence-corrected chi connectivity index (χ0v) is 10.4. The Morgan fingerprint density at radius 2 is 2.00 bits per heavy atom. The van der Waals surface area contributed by atoms with E-state index >= 15 is 0 Å². The molecule has 1 unspecified atom stereocenters.